The van der Waals surface area contributed by atoms with Gasteiger partial charge in [0.15, 0.2) is 17.4 Å². The van der Waals surface area contributed by atoms with Crippen LogP contribution in [-0.4, -0.2) is 113 Å². The number of H-pyrrole nitrogens is 1. The minimum atomic E-state index is -0.675. The third-order valence-electron chi connectivity index (χ3n) is 12.3. The van der Waals surface area contributed by atoms with Gasteiger partial charge in [-0.05, 0) is 75.2 Å². The number of carbonyl (C=O) groups is 2. The van der Waals surface area contributed by atoms with Gasteiger partial charge in [0.2, 0.25) is 0 Å². The highest BCUT2D eigenvalue weighted by Crippen LogP contribution is 2.54. The third kappa shape index (κ3) is 8.27. The zero-order chi connectivity index (χ0) is 43.8. The summed E-state index contributed by atoms with van der Waals surface area (Å²) < 4.78 is 47.9. The number of ether oxygens (including phenoxy) is 2. The van der Waals surface area contributed by atoms with E-state index in [1.54, 1.807) is 23.9 Å². The van der Waals surface area contributed by atoms with Crippen LogP contribution in [0.15, 0.2) is 53.6 Å². The molecule has 3 saturated heterocycles. The number of carbonyl (C=O) groups excluding carboxylic acids is 2. The van der Waals surface area contributed by atoms with Crippen molar-refractivity contribution in [1.29, 1.82) is 5.26 Å². The molecular formula is C43H49F2N11O5S. The van der Waals surface area contributed by atoms with E-state index in [0.717, 1.165) is 51.1 Å². The third-order valence-corrected chi connectivity index (χ3v) is 13.2. The summed E-state index contributed by atoms with van der Waals surface area (Å²) in [6.07, 6.45) is 6.98. The highest BCUT2D eigenvalue weighted by atomic mass is 32.2. The molecule has 4 fully saturated rings. The molecule has 5 heterocycles. The number of hydrogen-bond donors (Lipinski definition) is 3. The number of rotatable bonds is 12. The lowest BCUT2D eigenvalue weighted by molar-refractivity contribution is -0.158. The molecule has 326 valence electrons. The predicted molar refractivity (Wildman–Crippen MR) is 233 cm³/mol. The number of amides is 2. The molecule has 3 aliphatic heterocycles. The summed E-state index contributed by atoms with van der Waals surface area (Å²) in [5.41, 5.74) is 2.41. The van der Waals surface area contributed by atoms with Crippen LogP contribution in [-0.2, 0) is 16.6 Å². The van der Waals surface area contributed by atoms with E-state index in [9.17, 15) is 24.0 Å². The predicted octanol–water partition coefficient (Wildman–Crippen LogP) is 5.93. The Morgan fingerprint density at radius 2 is 1.94 bits per heavy atom. The Morgan fingerprint density at radius 3 is 2.63 bits per heavy atom. The second-order valence-corrected chi connectivity index (χ2v) is 17.5. The molecule has 0 radical (unpaired) electrons. The van der Waals surface area contributed by atoms with E-state index in [1.807, 2.05) is 30.4 Å². The lowest BCUT2D eigenvalue weighted by Crippen LogP contribution is -2.72. The molecule has 0 bridgehead atoms. The van der Waals surface area contributed by atoms with Gasteiger partial charge in [0.25, 0.3) is 5.56 Å². The number of anilines is 3. The second kappa shape index (κ2) is 17.5. The number of aromatic amines is 1. The van der Waals surface area contributed by atoms with Crippen molar-refractivity contribution in [2.75, 3.05) is 74.5 Å². The fraction of sp³-hybridized carbons (Fsp3) is 0.442. The van der Waals surface area contributed by atoms with Gasteiger partial charge in [-0.1, -0.05) is 6.92 Å². The Bertz CT molecular complexity index is 2590. The maximum atomic E-state index is 15.3. The van der Waals surface area contributed by atoms with Crippen LogP contribution < -0.4 is 30.1 Å². The van der Waals surface area contributed by atoms with E-state index < -0.39 is 5.82 Å². The summed E-state index contributed by atoms with van der Waals surface area (Å²) in [4.78, 5) is 47.8. The maximum Gasteiger partial charge on any atom is 0.322 e. The molecule has 16 nitrogen and oxygen atoms in total. The molecule has 2 spiro atoms. The first kappa shape index (κ1) is 42.9. The van der Waals surface area contributed by atoms with Crippen LogP contribution >= 0.6 is 12.1 Å². The zero-order valence-electron chi connectivity index (χ0n) is 35.0. The molecule has 2 aromatic heterocycles. The number of fused-ring (bicyclic) bond motifs is 2. The molecule has 0 atom stereocenters. The fourth-order valence-corrected chi connectivity index (χ4v) is 9.48. The number of likely N-dealkylation sites (tertiary alicyclic amines) is 1. The minimum Gasteiger partial charge on any atom is -0.453 e. The summed E-state index contributed by atoms with van der Waals surface area (Å²) in [7, 11) is 5.19. The first-order valence-electron chi connectivity index (χ1n) is 20.6. The molecular weight excluding hydrogens is 821 g/mol. The summed E-state index contributed by atoms with van der Waals surface area (Å²) in [6.45, 7) is 7.74. The topological polar surface area (TPSA) is 177 Å². The number of aromatic nitrogens is 4. The van der Waals surface area contributed by atoms with E-state index in [4.69, 9.17) is 9.47 Å². The Hall–Kier alpha value is -5.81. The first-order valence-corrected chi connectivity index (χ1v) is 21.4. The lowest BCUT2D eigenvalue weighted by Gasteiger charge is -2.64. The standard InChI is InChI=1S/C25H33FN6O3.C18H16FN5O2S/c1-27-23(34)32(6-4-7-33)22-18-9-19(26)21(10-20(18)29(2)28-22)31-13-24(14-31)11-17(12-24)30-15-25(16-30)5-3-8-35-25;1-3-24(2)27-23-16-7-5-14(19)17(13(16)9-20)26-11-4-6-15-12(8-11)18(25)22-10-21-15/h7,9-10,17H,3-6,8,11-16H2,1-2H3,(H,27,34);4-8,10,23H,3H2,1-2H3,(H,21,22,25). The van der Waals surface area contributed by atoms with E-state index in [2.05, 4.69) is 34.9 Å². The largest absolute Gasteiger partial charge is 0.453 e. The average molecular weight is 870 g/mol. The van der Waals surface area contributed by atoms with E-state index in [0.29, 0.717) is 44.9 Å². The normalized spacial score (nSPS) is 17.5. The molecule has 9 rings (SSSR count). The number of benzene rings is 3. The van der Waals surface area contributed by atoms with Crippen molar-refractivity contribution in [3.8, 4) is 17.6 Å². The molecule has 19 heteroatoms. The number of aryl methyl sites for hydroxylation is 1. The number of nitriles is 1. The van der Waals surface area contributed by atoms with E-state index in [-0.39, 0.29) is 53.0 Å². The van der Waals surface area contributed by atoms with Crippen LogP contribution in [0.1, 0.15) is 44.6 Å². The Morgan fingerprint density at radius 1 is 1.15 bits per heavy atom. The van der Waals surface area contributed by atoms with Crippen LogP contribution in [0.25, 0.3) is 21.8 Å². The molecule has 0 unspecified atom stereocenters. The fourth-order valence-electron chi connectivity index (χ4n) is 8.93. The van der Waals surface area contributed by atoms with Crippen molar-refractivity contribution < 1.29 is 27.8 Å². The Balaban J connectivity index is 0.000000177. The smallest absolute Gasteiger partial charge is 0.322 e. The molecule has 3 aromatic carbocycles. The Kier molecular flexibility index (Phi) is 12.1. The first-order chi connectivity index (χ1) is 29.9. The van der Waals surface area contributed by atoms with Crippen LogP contribution in [0.4, 0.5) is 30.8 Å². The lowest BCUT2D eigenvalue weighted by atomic mass is 9.59. The summed E-state index contributed by atoms with van der Waals surface area (Å²) >= 11 is 1.28. The van der Waals surface area contributed by atoms with Gasteiger partial charge in [-0.25, -0.2) is 22.9 Å². The molecule has 62 heavy (non-hydrogen) atoms. The van der Waals surface area contributed by atoms with Gasteiger partial charge in [0.05, 0.1) is 39.7 Å². The zero-order valence-corrected chi connectivity index (χ0v) is 35.9. The van der Waals surface area contributed by atoms with Crippen LogP contribution in [0.3, 0.4) is 0 Å². The number of nitrogens with one attached hydrogen (secondary N) is 3. The molecule has 4 aliphatic rings. The number of nitrogens with zero attached hydrogens (tertiary/aromatic N) is 8. The van der Waals surface area contributed by atoms with Gasteiger partial charge in [-0.2, -0.15) is 10.4 Å². The number of hydrogen-bond acceptors (Lipinski definition) is 13. The quantitative estimate of drug-likeness (QED) is 0.0994. The molecule has 1 aliphatic carbocycles. The van der Waals surface area contributed by atoms with Crippen molar-refractivity contribution in [2.45, 2.75) is 50.7 Å². The molecule has 1 saturated carbocycles. The van der Waals surface area contributed by atoms with Crippen LogP contribution in [0.5, 0.6) is 11.5 Å². The van der Waals surface area contributed by atoms with Crippen molar-refractivity contribution in [3.05, 3.63) is 76.3 Å². The van der Waals surface area contributed by atoms with Gasteiger partial charge in [0, 0.05) is 95.4 Å². The van der Waals surface area contributed by atoms with Crippen LogP contribution in [0.2, 0.25) is 0 Å². The van der Waals surface area contributed by atoms with Crippen LogP contribution in [0, 0.1) is 28.4 Å². The van der Waals surface area contributed by atoms with Crippen molar-refractivity contribution >= 4 is 63.4 Å². The number of urea groups is 1. The molecule has 2 amide bonds. The van der Waals surface area contributed by atoms with Gasteiger partial charge >= 0.3 is 6.03 Å². The minimum absolute atomic E-state index is 0.0344. The van der Waals surface area contributed by atoms with E-state index in [1.165, 1.54) is 80.4 Å². The van der Waals surface area contributed by atoms with E-state index >= 15 is 4.39 Å². The summed E-state index contributed by atoms with van der Waals surface area (Å²) in [5, 5.41) is 17.5. The van der Waals surface area contributed by atoms with Gasteiger partial charge in [-0.3, -0.25) is 19.3 Å². The van der Waals surface area contributed by atoms with Crippen molar-refractivity contribution in [3.63, 3.8) is 0 Å². The molecule has 3 N–H and O–H groups in total. The average Bonchev–Trinajstić information content (AvgIpc) is 3.85. The number of halogens is 2. The van der Waals surface area contributed by atoms with Gasteiger partial charge in [0.1, 0.15) is 29.5 Å². The number of aldehydes is 1. The second-order valence-electron chi connectivity index (χ2n) is 16.4. The maximum absolute atomic E-state index is 15.3. The van der Waals surface area contributed by atoms with Gasteiger partial charge in [-0.15, -0.1) is 0 Å². The monoisotopic (exact) mass is 869 g/mol. The highest BCUT2D eigenvalue weighted by Gasteiger charge is 2.58. The summed E-state index contributed by atoms with van der Waals surface area (Å²) in [5.74, 6) is -0.609. The van der Waals surface area contributed by atoms with Crippen molar-refractivity contribution in [1.82, 2.24) is 34.3 Å². The summed E-state index contributed by atoms with van der Waals surface area (Å²) in [6, 6.07) is 12.9. The van der Waals surface area contributed by atoms with Crippen molar-refractivity contribution in [2.24, 2.45) is 12.5 Å². The highest BCUT2D eigenvalue weighted by molar-refractivity contribution is 7.98. The van der Waals surface area contributed by atoms with Gasteiger partial charge < -0.3 is 34.2 Å². The molecule has 5 aromatic rings. The Labute approximate surface area is 361 Å². The SMILES string of the molecule is CCN(C)SNc1ccc(F)c(Oc2ccc3nc[nH]c(=O)c3c2)c1C#N.CNC(=O)N(CCC=O)c1nn(C)c2cc(N3CC4(CC(N5CC6(CCCO6)C5)C4)C3)c(F)cc12.